The van der Waals surface area contributed by atoms with Gasteiger partial charge in [-0.1, -0.05) is 23.4 Å². The first-order valence-electron chi connectivity index (χ1n) is 8.18. The van der Waals surface area contributed by atoms with E-state index < -0.39 is 5.82 Å². The first-order valence-corrected chi connectivity index (χ1v) is 8.18. The molecule has 6 nitrogen and oxygen atoms in total. The molecule has 1 aliphatic rings. The zero-order valence-corrected chi connectivity index (χ0v) is 14.1. The Kier molecular flexibility index (Phi) is 4.12. The quantitative estimate of drug-likeness (QED) is 0.719. The highest BCUT2D eigenvalue weighted by atomic mass is 19.1. The van der Waals surface area contributed by atoms with Crippen LogP contribution in [0.4, 0.5) is 10.1 Å². The number of halogens is 1. The summed E-state index contributed by atoms with van der Waals surface area (Å²) in [6, 6.07) is 13.9. The maximum Gasteiger partial charge on any atom is 0.257 e. The molecule has 7 heteroatoms. The van der Waals surface area contributed by atoms with Crippen molar-refractivity contribution < 1.29 is 18.4 Å². The van der Waals surface area contributed by atoms with Crippen molar-refractivity contribution in [3.05, 3.63) is 60.2 Å². The Bertz CT molecular complexity index is 942. The number of ether oxygens (including phenoxy) is 1. The third-order valence-corrected chi connectivity index (χ3v) is 4.40. The molecule has 0 bridgehead atoms. The van der Waals surface area contributed by atoms with Crippen LogP contribution < -0.4 is 9.64 Å². The van der Waals surface area contributed by atoms with Gasteiger partial charge in [-0.25, -0.2) is 4.39 Å². The van der Waals surface area contributed by atoms with Gasteiger partial charge in [0.1, 0.15) is 0 Å². The number of carbonyl (C=O) groups is 1. The molecule has 2 heterocycles. The molecule has 132 valence electrons. The Balaban J connectivity index is 1.55. The lowest BCUT2D eigenvalue weighted by Crippen LogP contribution is -2.24. The molecule has 0 saturated carbocycles. The van der Waals surface area contributed by atoms with Crippen LogP contribution in [0.1, 0.15) is 18.2 Å². The van der Waals surface area contributed by atoms with Gasteiger partial charge in [0.2, 0.25) is 5.91 Å². The molecular formula is C19H16FN3O3. The van der Waals surface area contributed by atoms with Crippen molar-refractivity contribution in [2.24, 2.45) is 0 Å². The summed E-state index contributed by atoms with van der Waals surface area (Å²) in [5.41, 5.74) is 1.31. The average molecular weight is 353 g/mol. The van der Waals surface area contributed by atoms with Gasteiger partial charge in [-0.3, -0.25) is 4.79 Å². The lowest BCUT2D eigenvalue weighted by Gasteiger charge is -2.16. The fourth-order valence-electron chi connectivity index (χ4n) is 3.05. The fourth-order valence-corrected chi connectivity index (χ4v) is 3.05. The average Bonchev–Trinajstić information content (AvgIpc) is 3.29. The molecule has 1 atom stereocenters. The molecule has 1 unspecified atom stereocenters. The van der Waals surface area contributed by atoms with E-state index in [-0.39, 0.29) is 24.0 Å². The molecule has 4 rings (SSSR count). The maximum absolute atomic E-state index is 13.9. The van der Waals surface area contributed by atoms with E-state index in [1.165, 1.54) is 24.1 Å². The summed E-state index contributed by atoms with van der Waals surface area (Å²) in [7, 11) is 1.40. The van der Waals surface area contributed by atoms with Gasteiger partial charge in [-0.05, 0) is 24.3 Å². The Morgan fingerprint density at radius 2 is 2.04 bits per heavy atom. The minimum Gasteiger partial charge on any atom is -0.494 e. The summed E-state index contributed by atoms with van der Waals surface area (Å²) in [5.74, 6) is 0.227. The summed E-state index contributed by atoms with van der Waals surface area (Å²) in [5, 5.41) is 4.02. The second-order valence-electron chi connectivity index (χ2n) is 6.05. The third kappa shape index (κ3) is 2.92. The van der Waals surface area contributed by atoms with Gasteiger partial charge in [0.05, 0.1) is 7.11 Å². The molecule has 1 fully saturated rings. The van der Waals surface area contributed by atoms with E-state index in [9.17, 15) is 9.18 Å². The number of benzene rings is 2. The van der Waals surface area contributed by atoms with Crippen molar-refractivity contribution in [1.29, 1.82) is 0 Å². The molecule has 1 saturated heterocycles. The zero-order chi connectivity index (χ0) is 18.1. The highest BCUT2D eigenvalue weighted by molar-refractivity contribution is 5.96. The molecule has 1 aromatic heterocycles. The van der Waals surface area contributed by atoms with E-state index >= 15 is 0 Å². The van der Waals surface area contributed by atoms with Crippen LogP contribution in [0.25, 0.3) is 11.5 Å². The summed E-state index contributed by atoms with van der Waals surface area (Å²) in [6.45, 7) is 0.373. The number of anilines is 1. The van der Waals surface area contributed by atoms with E-state index in [1.807, 2.05) is 30.3 Å². The smallest absolute Gasteiger partial charge is 0.257 e. The SMILES string of the molecule is COc1ccc(N2CC(c3noc(-c4ccccc4)n3)CC2=O)cc1F. The molecule has 3 aromatic rings. The molecule has 0 aliphatic carbocycles. The Morgan fingerprint density at radius 3 is 2.77 bits per heavy atom. The monoisotopic (exact) mass is 353 g/mol. The molecule has 26 heavy (non-hydrogen) atoms. The highest BCUT2D eigenvalue weighted by Gasteiger charge is 2.35. The van der Waals surface area contributed by atoms with Crippen LogP contribution in [0.2, 0.25) is 0 Å². The maximum atomic E-state index is 13.9. The van der Waals surface area contributed by atoms with Crippen LogP contribution in [-0.4, -0.2) is 29.7 Å². The van der Waals surface area contributed by atoms with E-state index in [1.54, 1.807) is 6.07 Å². The highest BCUT2D eigenvalue weighted by Crippen LogP contribution is 2.33. The first kappa shape index (κ1) is 16.3. The van der Waals surface area contributed by atoms with Crippen LogP contribution >= 0.6 is 0 Å². The topological polar surface area (TPSA) is 68.5 Å². The summed E-state index contributed by atoms with van der Waals surface area (Å²) in [4.78, 5) is 18.3. The third-order valence-electron chi connectivity index (χ3n) is 4.40. The molecule has 0 radical (unpaired) electrons. The standard InChI is InChI=1S/C19H16FN3O3/c1-25-16-8-7-14(10-15(16)20)23-11-13(9-17(23)24)18-21-19(26-22-18)12-5-3-2-4-6-12/h2-8,10,13H,9,11H2,1H3. The molecular weight excluding hydrogens is 337 g/mol. The predicted octanol–water partition coefficient (Wildman–Crippen LogP) is 3.40. The van der Waals surface area contributed by atoms with Crippen LogP contribution in [0.15, 0.2) is 53.1 Å². The minimum atomic E-state index is -0.507. The Hall–Kier alpha value is -3.22. The number of amides is 1. The van der Waals surface area contributed by atoms with Crippen molar-refractivity contribution in [3.8, 4) is 17.2 Å². The van der Waals surface area contributed by atoms with Crippen molar-refractivity contribution >= 4 is 11.6 Å². The summed E-state index contributed by atoms with van der Waals surface area (Å²) >= 11 is 0. The molecule has 1 amide bonds. The number of aromatic nitrogens is 2. The second-order valence-corrected chi connectivity index (χ2v) is 6.05. The van der Waals surface area contributed by atoms with Crippen LogP contribution in [-0.2, 0) is 4.79 Å². The van der Waals surface area contributed by atoms with Gasteiger partial charge in [0, 0.05) is 36.2 Å². The number of nitrogens with zero attached hydrogens (tertiary/aromatic N) is 3. The second kappa shape index (κ2) is 6.59. The van der Waals surface area contributed by atoms with Crippen molar-refractivity contribution in [1.82, 2.24) is 10.1 Å². The normalized spacial score (nSPS) is 16.9. The number of rotatable bonds is 4. The summed E-state index contributed by atoms with van der Waals surface area (Å²) < 4.78 is 24.2. The minimum absolute atomic E-state index is 0.106. The molecule has 0 N–H and O–H groups in total. The van der Waals surface area contributed by atoms with Crippen LogP contribution in [0.3, 0.4) is 0 Å². The van der Waals surface area contributed by atoms with Crippen molar-refractivity contribution in [2.75, 3.05) is 18.6 Å². The van der Waals surface area contributed by atoms with Crippen LogP contribution in [0.5, 0.6) is 5.75 Å². The molecule has 0 spiro atoms. The number of hydrogen-bond acceptors (Lipinski definition) is 5. The van der Waals surface area contributed by atoms with Crippen molar-refractivity contribution in [3.63, 3.8) is 0 Å². The lowest BCUT2D eigenvalue weighted by atomic mass is 10.1. The predicted molar refractivity (Wildman–Crippen MR) is 92.4 cm³/mol. The largest absolute Gasteiger partial charge is 0.494 e. The van der Waals surface area contributed by atoms with E-state index in [4.69, 9.17) is 9.26 Å². The van der Waals surface area contributed by atoms with E-state index in [2.05, 4.69) is 10.1 Å². The van der Waals surface area contributed by atoms with Crippen molar-refractivity contribution in [2.45, 2.75) is 12.3 Å². The van der Waals surface area contributed by atoms with Gasteiger partial charge in [0.25, 0.3) is 5.89 Å². The zero-order valence-electron chi connectivity index (χ0n) is 14.1. The molecule has 2 aromatic carbocycles. The van der Waals surface area contributed by atoms with Gasteiger partial charge in [-0.2, -0.15) is 4.98 Å². The lowest BCUT2D eigenvalue weighted by molar-refractivity contribution is -0.117. The van der Waals surface area contributed by atoms with Gasteiger partial charge >= 0.3 is 0 Å². The van der Waals surface area contributed by atoms with Gasteiger partial charge in [-0.15, -0.1) is 0 Å². The molecule has 1 aliphatic heterocycles. The Labute approximate surface area is 149 Å². The fraction of sp³-hybridized carbons (Fsp3) is 0.211. The summed E-state index contributed by atoms with van der Waals surface area (Å²) in [6.07, 6.45) is 0.251. The number of methoxy groups -OCH3 is 1. The van der Waals surface area contributed by atoms with Crippen LogP contribution in [0, 0.1) is 5.82 Å². The van der Waals surface area contributed by atoms with E-state index in [0.29, 0.717) is 23.9 Å². The van der Waals surface area contributed by atoms with E-state index in [0.717, 1.165) is 5.56 Å². The first-order chi connectivity index (χ1) is 12.7. The van der Waals surface area contributed by atoms with Gasteiger partial charge in [0.15, 0.2) is 17.4 Å². The number of carbonyl (C=O) groups excluding carboxylic acids is 1. The van der Waals surface area contributed by atoms with Gasteiger partial charge < -0.3 is 14.2 Å². The number of hydrogen-bond donors (Lipinski definition) is 0. The Morgan fingerprint density at radius 1 is 1.23 bits per heavy atom.